The van der Waals surface area contributed by atoms with E-state index in [1.165, 1.54) is 205 Å². The molecular weight excluding hydrogens is 1230 g/mol. The average molecular weight is 1380 g/mol. The number of carbonyl (C=O) groups is 4. The number of aliphatic hydroxyl groups is 1. The first kappa shape index (κ1) is 92.1. The Morgan fingerprint density at radius 2 is 0.543 bits per heavy atom. The summed E-state index contributed by atoms with van der Waals surface area (Å²) in [6, 6.07) is 0. The van der Waals surface area contributed by atoms with Gasteiger partial charge in [0.15, 0.2) is 12.2 Å². The predicted molar refractivity (Wildman–Crippen MR) is 381 cm³/mol. The molecule has 3 unspecified atom stereocenters. The highest BCUT2D eigenvalue weighted by molar-refractivity contribution is 7.47. The number of unbranched alkanes of at least 4 members (excludes halogenated alkanes) is 43. The Bertz CT molecular complexity index is 1820. The fraction of sp³-hybridized carbons (Fsp3) is 0.947. The van der Waals surface area contributed by atoms with Crippen molar-refractivity contribution < 1.29 is 80.2 Å². The number of aliphatic hydroxyl groups excluding tert-OH is 1. The standard InChI is InChI=1S/C75H146O17P2/c1-7-10-12-14-16-18-20-21-22-23-24-25-26-27-28-30-32-41-47-53-59-74(79)91-70(64-86-73(78)58-52-46-40-36-34-38-44-50-56-68(6)9-3)65-89-93(81,82)87-61-69(76)62-88-94(83,84)90-66-71(92-75(80)60-54-48-42-35-33-37-43-49-55-67(4)5)63-85-72(77)57-51-45-39-31-29-19-17-15-13-11-8-2/h67-71,76H,7-66H2,1-6H3,(H,81,82)(H,83,84)/t68?,69-,70-,71-/m1/s1. The topological polar surface area (TPSA) is 237 Å². The van der Waals surface area contributed by atoms with Gasteiger partial charge < -0.3 is 33.8 Å². The molecule has 19 heteroatoms. The monoisotopic (exact) mass is 1380 g/mol. The summed E-state index contributed by atoms with van der Waals surface area (Å²) in [6.45, 7) is 9.54. The van der Waals surface area contributed by atoms with E-state index in [4.69, 9.17) is 37.0 Å². The van der Waals surface area contributed by atoms with Crippen LogP contribution < -0.4 is 0 Å². The first-order chi connectivity index (χ1) is 45.4. The number of esters is 4. The maximum Gasteiger partial charge on any atom is 0.472 e. The van der Waals surface area contributed by atoms with Crippen LogP contribution in [0.15, 0.2) is 0 Å². The molecule has 0 aromatic carbocycles. The third-order valence-electron chi connectivity index (χ3n) is 17.8. The molecular formula is C75H146O17P2. The van der Waals surface area contributed by atoms with E-state index < -0.39 is 97.5 Å². The number of ether oxygens (including phenoxy) is 4. The van der Waals surface area contributed by atoms with E-state index in [1.807, 2.05) is 0 Å². The normalized spacial score (nSPS) is 14.3. The van der Waals surface area contributed by atoms with Crippen molar-refractivity contribution >= 4 is 39.5 Å². The molecule has 0 fully saturated rings. The highest BCUT2D eigenvalue weighted by atomic mass is 31.2. The first-order valence-electron chi connectivity index (χ1n) is 39.0. The van der Waals surface area contributed by atoms with Crippen molar-refractivity contribution in [3.05, 3.63) is 0 Å². The van der Waals surface area contributed by atoms with Crippen molar-refractivity contribution in [2.45, 2.75) is 407 Å². The molecule has 6 atom stereocenters. The zero-order chi connectivity index (χ0) is 69.3. The molecule has 0 aliphatic heterocycles. The summed E-state index contributed by atoms with van der Waals surface area (Å²) in [6.07, 6.45) is 54.2. The van der Waals surface area contributed by atoms with Crippen molar-refractivity contribution in [3.8, 4) is 0 Å². The predicted octanol–water partition coefficient (Wildman–Crippen LogP) is 21.9. The zero-order valence-electron chi connectivity index (χ0n) is 61.3. The van der Waals surface area contributed by atoms with Gasteiger partial charge in [0.2, 0.25) is 0 Å². The molecule has 0 saturated carbocycles. The van der Waals surface area contributed by atoms with E-state index in [2.05, 4.69) is 41.5 Å². The molecule has 0 rings (SSSR count). The number of hydrogen-bond acceptors (Lipinski definition) is 15. The van der Waals surface area contributed by atoms with E-state index in [1.54, 1.807) is 0 Å². The van der Waals surface area contributed by atoms with Crippen LogP contribution in [0.1, 0.15) is 388 Å². The van der Waals surface area contributed by atoms with E-state index >= 15 is 0 Å². The van der Waals surface area contributed by atoms with Crippen LogP contribution in [0.25, 0.3) is 0 Å². The van der Waals surface area contributed by atoms with Gasteiger partial charge in [-0.3, -0.25) is 37.3 Å². The number of rotatable bonds is 74. The van der Waals surface area contributed by atoms with Crippen molar-refractivity contribution in [1.29, 1.82) is 0 Å². The van der Waals surface area contributed by atoms with Gasteiger partial charge in [0.25, 0.3) is 0 Å². The minimum Gasteiger partial charge on any atom is -0.462 e. The summed E-state index contributed by atoms with van der Waals surface area (Å²) in [5, 5.41) is 10.6. The van der Waals surface area contributed by atoms with Crippen LogP contribution in [0, 0.1) is 11.8 Å². The fourth-order valence-corrected chi connectivity index (χ4v) is 13.0. The maximum absolute atomic E-state index is 13.1. The summed E-state index contributed by atoms with van der Waals surface area (Å²) in [7, 11) is -9.91. The molecule has 0 aliphatic carbocycles. The van der Waals surface area contributed by atoms with E-state index in [9.17, 15) is 43.2 Å². The second kappa shape index (κ2) is 66.9. The smallest absolute Gasteiger partial charge is 0.462 e. The second-order valence-electron chi connectivity index (χ2n) is 27.8. The molecule has 558 valence electrons. The molecule has 0 radical (unpaired) electrons. The summed E-state index contributed by atoms with van der Waals surface area (Å²) < 4.78 is 68.5. The van der Waals surface area contributed by atoms with Crippen LogP contribution in [-0.4, -0.2) is 96.7 Å². The third kappa shape index (κ3) is 67.3. The van der Waals surface area contributed by atoms with Crippen LogP contribution in [0.3, 0.4) is 0 Å². The molecule has 3 N–H and O–H groups in total. The second-order valence-corrected chi connectivity index (χ2v) is 30.7. The zero-order valence-corrected chi connectivity index (χ0v) is 63.1. The minimum absolute atomic E-state index is 0.105. The van der Waals surface area contributed by atoms with Gasteiger partial charge in [0, 0.05) is 25.7 Å². The van der Waals surface area contributed by atoms with Gasteiger partial charge in [-0.25, -0.2) is 9.13 Å². The van der Waals surface area contributed by atoms with Gasteiger partial charge in [-0.05, 0) is 37.5 Å². The molecule has 0 saturated heterocycles. The van der Waals surface area contributed by atoms with Gasteiger partial charge in [0.1, 0.15) is 19.3 Å². The van der Waals surface area contributed by atoms with E-state index in [0.29, 0.717) is 25.7 Å². The molecule has 0 amide bonds. The van der Waals surface area contributed by atoms with Gasteiger partial charge in [0.05, 0.1) is 26.4 Å². The third-order valence-corrected chi connectivity index (χ3v) is 19.7. The van der Waals surface area contributed by atoms with Crippen LogP contribution in [0.4, 0.5) is 0 Å². The molecule has 0 aliphatic rings. The molecule has 17 nitrogen and oxygen atoms in total. The molecule has 0 aromatic heterocycles. The Morgan fingerprint density at radius 3 is 0.809 bits per heavy atom. The SMILES string of the molecule is CCCCCCCCCCCCCCCCCCCCCCC(=O)O[C@H](COC(=O)CCCCCCCCCCC(C)CC)COP(=O)(O)OC[C@@H](O)COP(=O)(O)OC[C@@H](COC(=O)CCCCCCCCCCCCC)OC(=O)CCCCCCCCCCC(C)C. The van der Waals surface area contributed by atoms with Crippen LogP contribution >= 0.6 is 15.6 Å². The van der Waals surface area contributed by atoms with Gasteiger partial charge in [-0.2, -0.15) is 0 Å². The van der Waals surface area contributed by atoms with Crippen LogP contribution in [0.5, 0.6) is 0 Å². The van der Waals surface area contributed by atoms with E-state index in [-0.39, 0.29) is 25.7 Å². The van der Waals surface area contributed by atoms with Crippen molar-refractivity contribution in [2.24, 2.45) is 11.8 Å². The lowest BCUT2D eigenvalue weighted by atomic mass is 9.99. The molecule has 94 heavy (non-hydrogen) atoms. The quantitative estimate of drug-likeness (QED) is 0.0222. The molecule has 0 heterocycles. The van der Waals surface area contributed by atoms with Crippen LogP contribution in [-0.2, 0) is 65.4 Å². The highest BCUT2D eigenvalue weighted by Crippen LogP contribution is 2.45. The Balaban J connectivity index is 5.21. The Hall–Kier alpha value is -1.94. The Morgan fingerprint density at radius 1 is 0.309 bits per heavy atom. The number of hydrogen-bond donors (Lipinski definition) is 3. The lowest BCUT2D eigenvalue weighted by Gasteiger charge is -2.21. The minimum atomic E-state index is -4.96. The van der Waals surface area contributed by atoms with Gasteiger partial charge in [-0.15, -0.1) is 0 Å². The lowest BCUT2D eigenvalue weighted by Crippen LogP contribution is -2.30. The van der Waals surface area contributed by atoms with Crippen molar-refractivity contribution in [3.63, 3.8) is 0 Å². The van der Waals surface area contributed by atoms with Crippen molar-refractivity contribution in [1.82, 2.24) is 0 Å². The summed E-state index contributed by atoms with van der Waals surface area (Å²) in [4.78, 5) is 72.7. The fourth-order valence-electron chi connectivity index (χ4n) is 11.4. The lowest BCUT2D eigenvalue weighted by molar-refractivity contribution is -0.161. The van der Waals surface area contributed by atoms with Gasteiger partial charge >= 0.3 is 39.5 Å². The maximum atomic E-state index is 13.1. The van der Waals surface area contributed by atoms with Crippen molar-refractivity contribution in [2.75, 3.05) is 39.6 Å². The number of phosphoric acid groups is 2. The average Bonchev–Trinajstić information content (AvgIpc) is 1.18. The van der Waals surface area contributed by atoms with E-state index in [0.717, 1.165) is 102 Å². The molecule has 0 bridgehead atoms. The number of carbonyl (C=O) groups excluding carboxylic acids is 4. The molecule has 0 spiro atoms. The summed E-state index contributed by atoms with van der Waals surface area (Å²) >= 11 is 0. The summed E-state index contributed by atoms with van der Waals surface area (Å²) in [5.41, 5.74) is 0. The summed E-state index contributed by atoms with van der Waals surface area (Å²) in [5.74, 6) is -0.624. The largest absolute Gasteiger partial charge is 0.472 e. The molecule has 0 aromatic rings. The van der Waals surface area contributed by atoms with Crippen LogP contribution in [0.2, 0.25) is 0 Å². The number of phosphoric ester groups is 2. The Labute approximate surface area is 575 Å². The van der Waals surface area contributed by atoms with Gasteiger partial charge in [-0.1, -0.05) is 337 Å². The first-order valence-corrected chi connectivity index (χ1v) is 42.0. The Kier molecular flexibility index (Phi) is 65.5. The highest BCUT2D eigenvalue weighted by Gasteiger charge is 2.30.